The molecule has 6 N–H and O–H groups in total. The Morgan fingerprint density at radius 1 is 1.23 bits per heavy atom. The van der Waals surface area contributed by atoms with Crippen LogP contribution in [0.2, 0.25) is 0 Å². The molecule has 10 nitrogen and oxygen atoms in total. The number of thiazole rings is 1. The number of H-pyrrole nitrogens is 2. The number of aromatic amines is 2. The maximum absolute atomic E-state index is 13.1. The standard InChI is InChI=1S/C24H24N8O2S/c1-12(22-27-15(11-35-22)19(26)33)17-16-20(31-30-17)28-23(29-21(16)34)32-8-6-24(7-9-32)10-13-4-2-3-5-14(13)18(24)25/h2-5,11,18H,1,6-10,25H2,(H2,26,33)(H2,28,29,30,31,34)/t18-/m1/s1. The zero-order valence-corrected chi connectivity index (χ0v) is 19.7. The monoisotopic (exact) mass is 488 g/mol. The largest absolute Gasteiger partial charge is 0.364 e. The van der Waals surface area contributed by atoms with E-state index in [0.29, 0.717) is 33.3 Å². The molecule has 2 aliphatic rings. The number of aromatic nitrogens is 5. The number of piperidine rings is 1. The SMILES string of the molecule is C=C(c1nc(C(N)=O)cs1)c1n[nH]c2nc(N3CCC4(CC3)Cc3ccccc3[C@H]4N)[nH]c(=O)c12. The van der Waals surface area contributed by atoms with E-state index in [1.165, 1.54) is 22.5 Å². The number of hydrogen-bond acceptors (Lipinski definition) is 8. The predicted octanol–water partition coefficient (Wildman–Crippen LogP) is 2.11. The summed E-state index contributed by atoms with van der Waals surface area (Å²) in [7, 11) is 0. The number of rotatable bonds is 4. The Balaban J connectivity index is 1.25. The predicted molar refractivity (Wildman–Crippen MR) is 134 cm³/mol. The number of nitrogens with two attached hydrogens (primary N) is 2. The van der Waals surface area contributed by atoms with Crippen molar-refractivity contribution in [2.24, 2.45) is 16.9 Å². The Morgan fingerprint density at radius 3 is 2.71 bits per heavy atom. The van der Waals surface area contributed by atoms with Gasteiger partial charge < -0.3 is 16.4 Å². The first-order valence-corrected chi connectivity index (χ1v) is 12.3. The van der Waals surface area contributed by atoms with E-state index in [2.05, 4.69) is 60.9 Å². The highest BCUT2D eigenvalue weighted by atomic mass is 32.1. The van der Waals surface area contributed by atoms with E-state index in [9.17, 15) is 9.59 Å². The number of hydrogen-bond donors (Lipinski definition) is 4. The molecule has 0 radical (unpaired) electrons. The smallest absolute Gasteiger partial charge is 0.268 e. The molecular formula is C24H24N8O2S. The molecular weight excluding hydrogens is 464 g/mol. The second-order valence-corrected chi connectivity index (χ2v) is 10.1. The molecule has 1 saturated heterocycles. The van der Waals surface area contributed by atoms with Crippen molar-refractivity contribution in [3.63, 3.8) is 0 Å². The summed E-state index contributed by atoms with van der Waals surface area (Å²) in [5.41, 5.74) is 15.6. The summed E-state index contributed by atoms with van der Waals surface area (Å²) in [5.74, 6) is -0.116. The Kier molecular flexibility index (Phi) is 4.87. The van der Waals surface area contributed by atoms with Crippen molar-refractivity contribution in [1.29, 1.82) is 0 Å². The van der Waals surface area contributed by atoms with Gasteiger partial charge in [-0.05, 0) is 35.8 Å². The first-order valence-electron chi connectivity index (χ1n) is 11.4. The van der Waals surface area contributed by atoms with Gasteiger partial charge in [0.15, 0.2) is 5.65 Å². The second kappa shape index (κ2) is 7.85. The first-order chi connectivity index (χ1) is 16.9. The van der Waals surface area contributed by atoms with Crippen molar-refractivity contribution in [2.45, 2.75) is 25.3 Å². The van der Waals surface area contributed by atoms with Crippen LogP contribution in [0.25, 0.3) is 16.6 Å². The van der Waals surface area contributed by atoms with Crippen LogP contribution in [0.5, 0.6) is 0 Å². The summed E-state index contributed by atoms with van der Waals surface area (Å²) in [6, 6.07) is 8.46. The molecule has 1 amide bonds. The van der Waals surface area contributed by atoms with Gasteiger partial charge in [0.1, 0.15) is 21.8 Å². The quantitative estimate of drug-likeness (QED) is 0.342. The molecule has 11 heteroatoms. The molecule has 0 unspecified atom stereocenters. The fourth-order valence-electron chi connectivity index (χ4n) is 5.39. The summed E-state index contributed by atoms with van der Waals surface area (Å²) in [6.07, 6.45) is 2.82. The minimum absolute atomic E-state index is 0.0254. The summed E-state index contributed by atoms with van der Waals surface area (Å²) in [4.78, 5) is 38.3. The van der Waals surface area contributed by atoms with Crippen LogP contribution in [0.3, 0.4) is 0 Å². The minimum atomic E-state index is -0.623. The lowest BCUT2D eigenvalue weighted by molar-refractivity contribution is 0.0996. The van der Waals surface area contributed by atoms with Gasteiger partial charge in [-0.25, -0.2) is 4.98 Å². The third-order valence-electron chi connectivity index (χ3n) is 7.37. The second-order valence-electron chi connectivity index (χ2n) is 9.27. The van der Waals surface area contributed by atoms with Crippen LogP contribution in [0.1, 0.15) is 51.2 Å². The van der Waals surface area contributed by atoms with Crippen molar-refractivity contribution in [3.05, 3.63) is 74.1 Å². The average Bonchev–Trinajstić information content (AvgIpc) is 3.57. The molecule has 4 aromatic rings. The number of primary amides is 1. The topological polar surface area (TPSA) is 160 Å². The Labute approximate surface area is 204 Å². The van der Waals surface area contributed by atoms with Crippen molar-refractivity contribution in [2.75, 3.05) is 18.0 Å². The third-order valence-corrected chi connectivity index (χ3v) is 8.27. The third kappa shape index (κ3) is 3.38. The number of carbonyl (C=O) groups is 1. The average molecular weight is 489 g/mol. The molecule has 0 saturated carbocycles. The summed E-state index contributed by atoms with van der Waals surface area (Å²) in [5, 5.41) is 9.44. The van der Waals surface area contributed by atoms with E-state index < -0.39 is 5.91 Å². The maximum Gasteiger partial charge on any atom is 0.268 e. The highest BCUT2D eigenvalue weighted by molar-refractivity contribution is 7.11. The molecule has 1 aliphatic heterocycles. The van der Waals surface area contributed by atoms with Crippen LogP contribution in [-0.4, -0.2) is 44.1 Å². The number of benzene rings is 1. The zero-order valence-electron chi connectivity index (χ0n) is 18.9. The molecule has 1 fully saturated rings. The number of carbonyl (C=O) groups excluding carboxylic acids is 1. The molecule has 3 aromatic heterocycles. The number of fused-ring (bicyclic) bond motifs is 2. The van der Waals surface area contributed by atoms with Gasteiger partial charge in [-0.1, -0.05) is 30.8 Å². The van der Waals surface area contributed by atoms with E-state index in [4.69, 9.17) is 11.5 Å². The molecule has 6 rings (SSSR count). The summed E-state index contributed by atoms with van der Waals surface area (Å²) < 4.78 is 0. The Hall–Kier alpha value is -3.83. The van der Waals surface area contributed by atoms with E-state index in [1.807, 2.05) is 0 Å². The Bertz CT molecular complexity index is 1540. The van der Waals surface area contributed by atoms with Gasteiger partial charge in [0.25, 0.3) is 11.5 Å². The molecule has 4 heterocycles. The summed E-state index contributed by atoms with van der Waals surface area (Å²) in [6.45, 7) is 5.52. The van der Waals surface area contributed by atoms with E-state index in [0.717, 1.165) is 32.4 Å². The molecule has 35 heavy (non-hydrogen) atoms. The fourth-order valence-corrected chi connectivity index (χ4v) is 6.17. The number of anilines is 1. The van der Waals surface area contributed by atoms with Crippen molar-refractivity contribution < 1.29 is 4.79 Å². The number of nitrogens with one attached hydrogen (secondary N) is 2. The molecule has 1 aliphatic carbocycles. The van der Waals surface area contributed by atoms with Gasteiger partial charge in [-0.2, -0.15) is 10.1 Å². The van der Waals surface area contributed by atoms with E-state index in [-0.39, 0.29) is 22.7 Å². The molecule has 1 spiro atoms. The van der Waals surface area contributed by atoms with Crippen LogP contribution >= 0.6 is 11.3 Å². The van der Waals surface area contributed by atoms with Crippen LogP contribution < -0.4 is 21.9 Å². The zero-order chi connectivity index (χ0) is 24.3. The van der Waals surface area contributed by atoms with Crippen LogP contribution in [0.15, 0.2) is 41.0 Å². The van der Waals surface area contributed by atoms with Gasteiger partial charge in [0, 0.05) is 30.1 Å². The van der Waals surface area contributed by atoms with E-state index >= 15 is 0 Å². The normalized spacial score (nSPS) is 18.8. The lowest BCUT2D eigenvalue weighted by Gasteiger charge is -2.42. The highest BCUT2D eigenvalue weighted by Crippen LogP contribution is 2.50. The minimum Gasteiger partial charge on any atom is -0.364 e. The molecule has 1 atom stereocenters. The molecule has 0 bridgehead atoms. The van der Waals surface area contributed by atoms with Crippen LogP contribution in [0, 0.1) is 5.41 Å². The van der Waals surface area contributed by atoms with Crippen molar-refractivity contribution >= 4 is 39.8 Å². The highest BCUT2D eigenvalue weighted by Gasteiger charge is 2.46. The van der Waals surface area contributed by atoms with E-state index in [1.54, 1.807) is 5.38 Å². The molecule has 1 aromatic carbocycles. The van der Waals surface area contributed by atoms with Gasteiger partial charge >= 0.3 is 0 Å². The lowest BCUT2D eigenvalue weighted by atomic mass is 9.73. The van der Waals surface area contributed by atoms with Gasteiger partial charge in [0.05, 0.1) is 0 Å². The summed E-state index contributed by atoms with van der Waals surface area (Å²) >= 11 is 1.21. The number of nitrogens with zero attached hydrogens (tertiary/aromatic N) is 4. The van der Waals surface area contributed by atoms with Gasteiger partial charge in [-0.3, -0.25) is 19.7 Å². The lowest BCUT2D eigenvalue weighted by Crippen LogP contribution is -2.45. The van der Waals surface area contributed by atoms with Crippen molar-refractivity contribution in [1.82, 2.24) is 25.1 Å². The van der Waals surface area contributed by atoms with Gasteiger partial charge in [-0.15, -0.1) is 11.3 Å². The number of amides is 1. The molecule has 178 valence electrons. The first kappa shape index (κ1) is 21.7. The Morgan fingerprint density at radius 2 is 2.00 bits per heavy atom. The fraction of sp³-hybridized carbons (Fsp3) is 0.292. The maximum atomic E-state index is 13.1. The van der Waals surface area contributed by atoms with Gasteiger partial charge in [0.2, 0.25) is 5.95 Å². The van der Waals surface area contributed by atoms with Crippen molar-refractivity contribution in [3.8, 4) is 0 Å². The van der Waals surface area contributed by atoms with Crippen LogP contribution in [0.4, 0.5) is 5.95 Å². The van der Waals surface area contributed by atoms with Crippen LogP contribution in [-0.2, 0) is 6.42 Å².